The molecule has 0 aliphatic carbocycles. The van der Waals surface area contributed by atoms with Gasteiger partial charge in [-0.05, 0) is 59.2 Å². The van der Waals surface area contributed by atoms with E-state index < -0.39 is 5.91 Å². The van der Waals surface area contributed by atoms with E-state index >= 15 is 0 Å². The molecule has 2 heterocycles. The molecule has 35 heavy (non-hydrogen) atoms. The van der Waals surface area contributed by atoms with Crippen LogP contribution in [-0.2, 0) is 17.9 Å². The predicted octanol–water partition coefficient (Wildman–Crippen LogP) is 2.85. The van der Waals surface area contributed by atoms with Crippen LogP contribution in [0.5, 0.6) is 0 Å². The maximum absolute atomic E-state index is 12.6. The minimum absolute atomic E-state index is 0.123. The topological polar surface area (TPSA) is 97.8 Å². The number of aromatic nitrogens is 1. The number of hydrogen-bond acceptors (Lipinski definition) is 6. The molecule has 0 saturated carbocycles. The van der Waals surface area contributed by atoms with E-state index in [1.54, 1.807) is 11.6 Å². The van der Waals surface area contributed by atoms with Gasteiger partial charge in [-0.3, -0.25) is 24.7 Å². The summed E-state index contributed by atoms with van der Waals surface area (Å²) in [4.78, 5) is 32.5. The van der Waals surface area contributed by atoms with Crippen molar-refractivity contribution in [3.63, 3.8) is 0 Å². The fourth-order valence-corrected chi connectivity index (χ4v) is 3.97. The Labute approximate surface area is 204 Å². The van der Waals surface area contributed by atoms with E-state index in [1.165, 1.54) is 11.6 Å². The lowest BCUT2D eigenvalue weighted by Gasteiger charge is -2.36. The normalized spacial score (nSPS) is 14.1. The second kappa shape index (κ2) is 11.9. The summed E-state index contributed by atoms with van der Waals surface area (Å²) in [6, 6.07) is 19.3. The van der Waals surface area contributed by atoms with Crippen LogP contribution in [0.25, 0.3) is 6.08 Å². The molecule has 4 rings (SSSR count). The van der Waals surface area contributed by atoms with E-state index in [0.29, 0.717) is 12.1 Å². The van der Waals surface area contributed by atoms with Gasteiger partial charge in [0, 0.05) is 69.0 Å². The molecule has 0 unspecified atom stereocenters. The fourth-order valence-electron chi connectivity index (χ4n) is 3.97. The van der Waals surface area contributed by atoms with E-state index in [2.05, 4.69) is 32.2 Å². The number of hydrogen-bond donors (Lipinski definition) is 3. The Morgan fingerprint density at radius 1 is 0.886 bits per heavy atom. The molecular formula is C27H29N5O3. The lowest BCUT2D eigenvalue weighted by molar-refractivity contribution is -0.124. The van der Waals surface area contributed by atoms with Gasteiger partial charge in [0.25, 0.3) is 11.8 Å². The summed E-state index contributed by atoms with van der Waals surface area (Å²) < 4.78 is 0. The average Bonchev–Trinajstić information content (AvgIpc) is 2.92. The van der Waals surface area contributed by atoms with Gasteiger partial charge in [0.1, 0.15) is 0 Å². The number of nitrogens with one attached hydrogen (secondary N) is 2. The van der Waals surface area contributed by atoms with Gasteiger partial charge >= 0.3 is 0 Å². The van der Waals surface area contributed by atoms with Gasteiger partial charge in [0.05, 0.1) is 0 Å². The third-order valence-corrected chi connectivity index (χ3v) is 5.99. The van der Waals surface area contributed by atoms with Crippen molar-refractivity contribution in [2.24, 2.45) is 0 Å². The van der Waals surface area contributed by atoms with Gasteiger partial charge in [0.2, 0.25) is 0 Å². The molecule has 1 fully saturated rings. The van der Waals surface area contributed by atoms with Crippen molar-refractivity contribution in [3.05, 3.63) is 101 Å². The van der Waals surface area contributed by atoms with Crippen LogP contribution in [0.4, 0.5) is 5.69 Å². The number of carbonyl (C=O) groups is 2. The standard InChI is InChI=1S/C27H29N5O3/c33-26(30-35)10-5-21-1-3-22(4-2-21)19-29-27(34)24-6-8-25(9-7-24)32-17-15-31(16-18-32)20-23-11-13-28-14-12-23/h1-14,35H,15-20H2,(H,29,34)(H,30,33)/b10-5+. The zero-order valence-electron chi connectivity index (χ0n) is 19.4. The summed E-state index contributed by atoms with van der Waals surface area (Å²) in [5.74, 6) is -0.710. The molecule has 3 N–H and O–H groups in total. The van der Waals surface area contributed by atoms with Crippen molar-refractivity contribution in [2.75, 3.05) is 31.1 Å². The highest BCUT2D eigenvalue weighted by molar-refractivity contribution is 5.94. The Morgan fingerprint density at radius 2 is 1.57 bits per heavy atom. The lowest BCUT2D eigenvalue weighted by Crippen LogP contribution is -2.45. The van der Waals surface area contributed by atoms with Gasteiger partial charge in [0.15, 0.2) is 0 Å². The molecule has 2 aromatic carbocycles. The maximum atomic E-state index is 12.6. The van der Waals surface area contributed by atoms with Crippen LogP contribution in [-0.4, -0.2) is 53.1 Å². The summed E-state index contributed by atoms with van der Waals surface area (Å²) in [5, 5.41) is 11.5. The second-order valence-corrected chi connectivity index (χ2v) is 8.40. The molecule has 0 spiro atoms. The van der Waals surface area contributed by atoms with Crippen molar-refractivity contribution in [1.29, 1.82) is 0 Å². The highest BCUT2D eigenvalue weighted by Crippen LogP contribution is 2.18. The Kier molecular flexibility index (Phi) is 8.21. The summed E-state index contributed by atoms with van der Waals surface area (Å²) in [6.45, 7) is 5.23. The van der Waals surface area contributed by atoms with Gasteiger partial charge in [-0.25, -0.2) is 5.48 Å². The molecule has 1 aliphatic rings. The van der Waals surface area contributed by atoms with Crippen LogP contribution in [0.15, 0.2) is 79.1 Å². The number of piperazine rings is 1. The molecule has 1 aliphatic heterocycles. The van der Waals surface area contributed by atoms with E-state index in [1.807, 2.05) is 60.9 Å². The first-order valence-corrected chi connectivity index (χ1v) is 11.6. The fraction of sp³-hybridized carbons (Fsp3) is 0.222. The van der Waals surface area contributed by atoms with Gasteiger partial charge in [-0.15, -0.1) is 0 Å². The Balaban J connectivity index is 1.24. The van der Waals surface area contributed by atoms with E-state index in [9.17, 15) is 9.59 Å². The first-order chi connectivity index (χ1) is 17.1. The quantitative estimate of drug-likeness (QED) is 0.266. The predicted molar refractivity (Wildman–Crippen MR) is 135 cm³/mol. The van der Waals surface area contributed by atoms with E-state index in [4.69, 9.17) is 5.21 Å². The molecule has 8 nitrogen and oxygen atoms in total. The maximum Gasteiger partial charge on any atom is 0.267 e. The number of nitrogens with zero attached hydrogens (tertiary/aromatic N) is 3. The molecule has 1 saturated heterocycles. The molecule has 8 heteroatoms. The van der Waals surface area contributed by atoms with Gasteiger partial charge in [-0.1, -0.05) is 24.3 Å². The van der Waals surface area contributed by atoms with Gasteiger partial charge < -0.3 is 10.2 Å². The molecule has 0 atom stereocenters. The van der Waals surface area contributed by atoms with Crippen molar-refractivity contribution in [2.45, 2.75) is 13.1 Å². The Hall–Kier alpha value is -4.01. The average molecular weight is 472 g/mol. The van der Waals surface area contributed by atoms with Crippen LogP contribution in [0.2, 0.25) is 0 Å². The van der Waals surface area contributed by atoms with Crippen LogP contribution in [0.1, 0.15) is 27.0 Å². The number of pyridine rings is 1. The summed E-state index contributed by atoms with van der Waals surface area (Å²) >= 11 is 0. The number of rotatable bonds is 8. The number of benzene rings is 2. The minimum Gasteiger partial charge on any atom is -0.369 e. The Morgan fingerprint density at radius 3 is 2.23 bits per heavy atom. The second-order valence-electron chi connectivity index (χ2n) is 8.40. The summed E-state index contributed by atoms with van der Waals surface area (Å²) in [5.41, 5.74) is 6.35. The number of carbonyl (C=O) groups excluding carboxylic acids is 2. The monoisotopic (exact) mass is 471 g/mol. The van der Waals surface area contributed by atoms with E-state index in [0.717, 1.165) is 49.5 Å². The minimum atomic E-state index is -0.587. The number of hydroxylamine groups is 1. The molecule has 3 aromatic rings. The largest absolute Gasteiger partial charge is 0.369 e. The van der Waals surface area contributed by atoms with E-state index in [-0.39, 0.29) is 5.91 Å². The smallest absolute Gasteiger partial charge is 0.267 e. The molecule has 2 amide bonds. The molecule has 1 aromatic heterocycles. The van der Waals surface area contributed by atoms with Crippen molar-refractivity contribution < 1.29 is 14.8 Å². The third kappa shape index (κ3) is 6.99. The first kappa shape index (κ1) is 24.1. The molecule has 180 valence electrons. The van der Waals surface area contributed by atoms with Crippen molar-refractivity contribution in [1.82, 2.24) is 20.7 Å². The molecule has 0 radical (unpaired) electrons. The zero-order chi connectivity index (χ0) is 24.5. The zero-order valence-corrected chi connectivity index (χ0v) is 19.4. The van der Waals surface area contributed by atoms with Crippen LogP contribution in [0, 0.1) is 0 Å². The number of amides is 2. The first-order valence-electron chi connectivity index (χ1n) is 11.6. The third-order valence-electron chi connectivity index (χ3n) is 5.99. The van der Waals surface area contributed by atoms with Crippen LogP contribution < -0.4 is 15.7 Å². The van der Waals surface area contributed by atoms with Crippen LogP contribution >= 0.6 is 0 Å². The number of anilines is 1. The van der Waals surface area contributed by atoms with Crippen molar-refractivity contribution >= 4 is 23.6 Å². The summed E-state index contributed by atoms with van der Waals surface area (Å²) in [6.07, 6.45) is 6.50. The SMILES string of the molecule is O=C(/C=C/c1ccc(CNC(=O)c2ccc(N3CCN(Cc4ccncc4)CC3)cc2)cc1)NO. The Bertz CT molecular complexity index is 1140. The lowest BCUT2D eigenvalue weighted by atomic mass is 10.1. The highest BCUT2D eigenvalue weighted by atomic mass is 16.5. The van der Waals surface area contributed by atoms with Gasteiger partial charge in [-0.2, -0.15) is 0 Å². The van der Waals surface area contributed by atoms with Crippen molar-refractivity contribution in [3.8, 4) is 0 Å². The highest BCUT2D eigenvalue weighted by Gasteiger charge is 2.17. The summed E-state index contributed by atoms with van der Waals surface area (Å²) in [7, 11) is 0. The molecular weight excluding hydrogens is 442 g/mol. The molecule has 0 bridgehead atoms. The van der Waals surface area contributed by atoms with Crippen LogP contribution in [0.3, 0.4) is 0 Å².